The third-order valence-corrected chi connectivity index (χ3v) is 4.86. The first-order valence-corrected chi connectivity index (χ1v) is 9.48. The predicted molar refractivity (Wildman–Crippen MR) is 96.4 cm³/mol. The van der Waals surface area contributed by atoms with E-state index in [1.54, 1.807) is 23.9 Å². The van der Waals surface area contributed by atoms with E-state index in [1.807, 2.05) is 30.7 Å². The molecule has 3 aromatic rings. The highest BCUT2D eigenvalue weighted by molar-refractivity contribution is 7.98. The zero-order valence-corrected chi connectivity index (χ0v) is 14.4. The van der Waals surface area contributed by atoms with Crippen LogP contribution in [-0.4, -0.2) is 22.7 Å². The summed E-state index contributed by atoms with van der Waals surface area (Å²) in [5, 5.41) is 9.50. The van der Waals surface area contributed by atoms with E-state index in [1.165, 1.54) is 28.8 Å². The summed E-state index contributed by atoms with van der Waals surface area (Å²) < 4.78 is 13.2. The lowest BCUT2D eigenvalue weighted by molar-refractivity contribution is 0.628. The molecule has 0 aliphatic carbocycles. The van der Waals surface area contributed by atoms with E-state index in [9.17, 15) is 4.39 Å². The van der Waals surface area contributed by atoms with Crippen LogP contribution in [-0.2, 0) is 0 Å². The van der Waals surface area contributed by atoms with Crippen molar-refractivity contribution < 1.29 is 4.39 Å². The topological polar surface area (TPSA) is 25.8 Å². The van der Waals surface area contributed by atoms with Gasteiger partial charge in [0.2, 0.25) is 0 Å². The van der Waals surface area contributed by atoms with Crippen molar-refractivity contribution in [2.45, 2.75) is 9.92 Å². The van der Waals surface area contributed by atoms with Gasteiger partial charge < -0.3 is 0 Å². The standard InChI is InChI=1S/C18H15FN2S2/c1-22-15-9-5-13(6-10-15)18-16(11-17(23-2)20-21-18)12-3-7-14(19)8-4-12/h3-11H,1-2H3. The molecule has 0 amide bonds. The van der Waals surface area contributed by atoms with E-state index in [-0.39, 0.29) is 5.82 Å². The monoisotopic (exact) mass is 342 g/mol. The second-order valence-electron chi connectivity index (χ2n) is 4.88. The summed E-state index contributed by atoms with van der Waals surface area (Å²) in [6.07, 6.45) is 4.01. The Kier molecular flexibility index (Phi) is 4.98. The number of hydrogen-bond donors (Lipinski definition) is 0. The Bertz CT molecular complexity index is 802. The lowest BCUT2D eigenvalue weighted by Crippen LogP contribution is -1.94. The van der Waals surface area contributed by atoms with Gasteiger partial charge in [-0.3, -0.25) is 0 Å². The van der Waals surface area contributed by atoms with E-state index >= 15 is 0 Å². The summed E-state index contributed by atoms with van der Waals surface area (Å²) in [5.41, 5.74) is 3.70. The Balaban J connectivity index is 2.13. The van der Waals surface area contributed by atoms with Crippen LogP contribution >= 0.6 is 23.5 Å². The summed E-state index contributed by atoms with van der Waals surface area (Å²) in [5.74, 6) is -0.244. The van der Waals surface area contributed by atoms with E-state index in [4.69, 9.17) is 0 Å². The maximum absolute atomic E-state index is 13.2. The van der Waals surface area contributed by atoms with Crippen molar-refractivity contribution in [2.24, 2.45) is 0 Å². The number of thioether (sulfide) groups is 2. The quantitative estimate of drug-likeness (QED) is 0.593. The number of rotatable bonds is 4. The Morgan fingerprint density at radius 3 is 2.04 bits per heavy atom. The van der Waals surface area contributed by atoms with Gasteiger partial charge >= 0.3 is 0 Å². The summed E-state index contributed by atoms with van der Waals surface area (Å²) in [6.45, 7) is 0. The molecule has 0 unspecified atom stereocenters. The third kappa shape index (κ3) is 3.57. The lowest BCUT2D eigenvalue weighted by atomic mass is 10.0. The average Bonchev–Trinajstić information content (AvgIpc) is 2.62. The maximum Gasteiger partial charge on any atom is 0.123 e. The molecule has 0 N–H and O–H groups in total. The first-order valence-electron chi connectivity index (χ1n) is 7.03. The summed E-state index contributed by atoms with van der Waals surface area (Å²) in [7, 11) is 0. The number of aromatic nitrogens is 2. The van der Waals surface area contributed by atoms with E-state index in [0.29, 0.717) is 0 Å². The van der Waals surface area contributed by atoms with Crippen molar-refractivity contribution in [3.8, 4) is 22.4 Å². The van der Waals surface area contributed by atoms with Crippen LogP contribution < -0.4 is 0 Å². The molecule has 3 rings (SSSR count). The number of hydrogen-bond acceptors (Lipinski definition) is 4. The van der Waals surface area contributed by atoms with Gasteiger partial charge in [0, 0.05) is 16.0 Å². The smallest absolute Gasteiger partial charge is 0.123 e. The maximum atomic E-state index is 13.2. The molecule has 0 saturated carbocycles. The van der Waals surface area contributed by atoms with Gasteiger partial charge in [-0.05, 0) is 48.4 Å². The van der Waals surface area contributed by atoms with E-state index in [2.05, 4.69) is 22.3 Å². The van der Waals surface area contributed by atoms with Crippen LogP contribution in [0.15, 0.2) is 64.5 Å². The molecule has 2 nitrogen and oxygen atoms in total. The van der Waals surface area contributed by atoms with Gasteiger partial charge in [0.1, 0.15) is 16.5 Å². The third-order valence-electron chi connectivity index (χ3n) is 3.50. The summed E-state index contributed by atoms with van der Waals surface area (Å²) in [6, 6.07) is 16.7. The number of benzene rings is 2. The average molecular weight is 342 g/mol. The molecule has 0 aliphatic heterocycles. The molecule has 0 saturated heterocycles. The Morgan fingerprint density at radius 1 is 0.783 bits per heavy atom. The molecular formula is C18H15FN2S2. The van der Waals surface area contributed by atoms with Gasteiger partial charge in [-0.15, -0.1) is 33.7 Å². The Hall–Kier alpha value is -1.85. The van der Waals surface area contributed by atoms with E-state index in [0.717, 1.165) is 27.4 Å². The fraction of sp³-hybridized carbons (Fsp3) is 0.111. The molecule has 2 aromatic carbocycles. The van der Waals surface area contributed by atoms with Crippen molar-refractivity contribution in [2.75, 3.05) is 12.5 Å². The zero-order valence-electron chi connectivity index (χ0n) is 12.8. The van der Waals surface area contributed by atoms with Gasteiger partial charge in [-0.1, -0.05) is 24.3 Å². The molecule has 1 heterocycles. The van der Waals surface area contributed by atoms with Crippen LogP contribution in [0.5, 0.6) is 0 Å². The molecule has 0 fully saturated rings. The fourth-order valence-corrected chi connectivity index (χ4v) is 3.05. The molecule has 116 valence electrons. The minimum absolute atomic E-state index is 0.244. The van der Waals surface area contributed by atoms with Crippen LogP contribution in [0.25, 0.3) is 22.4 Å². The highest BCUT2D eigenvalue weighted by Gasteiger charge is 2.12. The highest BCUT2D eigenvalue weighted by Crippen LogP contribution is 2.32. The van der Waals surface area contributed by atoms with Crippen LogP contribution in [0.4, 0.5) is 4.39 Å². The van der Waals surface area contributed by atoms with Crippen molar-refractivity contribution in [1.82, 2.24) is 10.2 Å². The number of halogens is 1. The Morgan fingerprint density at radius 2 is 1.43 bits per heavy atom. The summed E-state index contributed by atoms with van der Waals surface area (Å²) in [4.78, 5) is 1.20. The minimum Gasteiger partial charge on any atom is -0.207 e. The van der Waals surface area contributed by atoms with Crippen molar-refractivity contribution in [3.05, 3.63) is 60.4 Å². The number of nitrogens with zero attached hydrogens (tertiary/aromatic N) is 2. The van der Waals surface area contributed by atoms with Crippen LogP contribution in [0.2, 0.25) is 0 Å². The molecule has 0 spiro atoms. The highest BCUT2D eigenvalue weighted by atomic mass is 32.2. The molecular weight excluding hydrogens is 327 g/mol. The fourth-order valence-electron chi connectivity index (χ4n) is 2.29. The molecule has 0 atom stereocenters. The molecule has 5 heteroatoms. The molecule has 0 radical (unpaired) electrons. The molecule has 23 heavy (non-hydrogen) atoms. The van der Waals surface area contributed by atoms with Gasteiger partial charge in [0.25, 0.3) is 0 Å². The van der Waals surface area contributed by atoms with Crippen molar-refractivity contribution in [3.63, 3.8) is 0 Å². The second kappa shape index (κ2) is 7.15. The largest absolute Gasteiger partial charge is 0.207 e. The SMILES string of the molecule is CSc1ccc(-c2nnc(SC)cc2-c2ccc(F)cc2)cc1. The van der Waals surface area contributed by atoms with Crippen molar-refractivity contribution >= 4 is 23.5 Å². The van der Waals surface area contributed by atoms with Gasteiger partial charge in [0.05, 0.1) is 0 Å². The van der Waals surface area contributed by atoms with Crippen LogP contribution in [0.3, 0.4) is 0 Å². The second-order valence-corrected chi connectivity index (χ2v) is 6.59. The normalized spacial score (nSPS) is 10.7. The van der Waals surface area contributed by atoms with Gasteiger partial charge in [0.15, 0.2) is 0 Å². The van der Waals surface area contributed by atoms with Crippen LogP contribution in [0.1, 0.15) is 0 Å². The molecule has 0 aliphatic rings. The van der Waals surface area contributed by atoms with E-state index < -0.39 is 0 Å². The molecule has 0 bridgehead atoms. The first kappa shape index (κ1) is 16.0. The van der Waals surface area contributed by atoms with Crippen molar-refractivity contribution in [1.29, 1.82) is 0 Å². The Labute approximate surface area is 143 Å². The molecule has 1 aromatic heterocycles. The lowest BCUT2D eigenvalue weighted by Gasteiger charge is -2.10. The first-order chi connectivity index (χ1) is 11.2. The minimum atomic E-state index is -0.244. The predicted octanol–water partition coefficient (Wildman–Crippen LogP) is 5.39. The zero-order chi connectivity index (χ0) is 16.2. The van der Waals surface area contributed by atoms with Crippen LogP contribution in [0, 0.1) is 5.82 Å². The summed E-state index contributed by atoms with van der Waals surface area (Å²) >= 11 is 3.24. The van der Waals surface area contributed by atoms with Gasteiger partial charge in [-0.2, -0.15) is 0 Å². The van der Waals surface area contributed by atoms with Gasteiger partial charge in [-0.25, -0.2) is 4.39 Å².